The van der Waals surface area contributed by atoms with Gasteiger partial charge in [0.15, 0.2) is 0 Å². The fourth-order valence-electron chi connectivity index (χ4n) is 7.45. The molecule has 11 nitrogen and oxygen atoms in total. The number of methoxy groups -OCH3 is 1. The molecule has 0 bridgehead atoms. The van der Waals surface area contributed by atoms with Crippen molar-refractivity contribution in [2.45, 2.75) is 102 Å². The van der Waals surface area contributed by atoms with E-state index in [1.807, 2.05) is 60.7 Å². The summed E-state index contributed by atoms with van der Waals surface area (Å²) < 4.78 is 23.3. The second-order valence-electron chi connectivity index (χ2n) is 15.3. The molecule has 0 unspecified atom stereocenters. The van der Waals surface area contributed by atoms with Gasteiger partial charge < -0.3 is 29.2 Å². The van der Waals surface area contributed by atoms with E-state index in [1.54, 1.807) is 39.7 Å². The van der Waals surface area contributed by atoms with Gasteiger partial charge in [-0.25, -0.2) is 9.78 Å². The van der Waals surface area contributed by atoms with Crippen LogP contribution in [0.3, 0.4) is 0 Å². The van der Waals surface area contributed by atoms with Crippen molar-refractivity contribution in [3.05, 3.63) is 66.7 Å². The minimum absolute atomic E-state index is 0.0987. The van der Waals surface area contributed by atoms with Crippen LogP contribution in [0.1, 0.15) is 79.1 Å². The van der Waals surface area contributed by atoms with Crippen molar-refractivity contribution in [1.29, 1.82) is 0 Å². The summed E-state index contributed by atoms with van der Waals surface area (Å²) in [5.74, 6) is -1.39. The van der Waals surface area contributed by atoms with Gasteiger partial charge in [-0.2, -0.15) is 0 Å². The largest absolute Gasteiger partial charge is 0.497 e. The van der Waals surface area contributed by atoms with Crippen LogP contribution in [0.4, 0.5) is 0 Å². The summed E-state index contributed by atoms with van der Waals surface area (Å²) in [5, 5.41) is 3.78. The van der Waals surface area contributed by atoms with Crippen molar-refractivity contribution in [2.75, 3.05) is 20.3 Å². The van der Waals surface area contributed by atoms with Crippen molar-refractivity contribution in [1.82, 2.24) is 15.2 Å². The molecular weight excluding hydrogens is 674 g/mol. The molecule has 53 heavy (non-hydrogen) atoms. The number of nitrogens with zero attached hydrogens (tertiary/aromatic N) is 2. The number of ether oxygens (including phenoxy) is 4. The first kappa shape index (κ1) is 37.8. The number of hydrogen-bond acceptors (Lipinski definition) is 9. The van der Waals surface area contributed by atoms with Gasteiger partial charge in [0.1, 0.15) is 34.8 Å². The van der Waals surface area contributed by atoms with Crippen LogP contribution >= 0.6 is 0 Å². The second kappa shape index (κ2) is 16.0. The Hall–Kier alpha value is -4.93. The fourth-order valence-corrected chi connectivity index (χ4v) is 7.45. The highest BCUT2D eigenvalue weighted by atomic mass is 16.6. The lowest BCUT2D eigenvalue weighted by molar-refractivity contribution is -0.159. The Labute approximate surface area is 311 Å². The minimum atomic E-state index is -1.20. The normalized spacial score (nSPS) is 25.0. The lowest BCUT2D eigenvalue weighted by atomic mass is 9.95. The molecule has 1 aliphatic carbocycles. The number of esters is 2. The van der Waals surface area contributed by atoms with E-state index in [4.69, 9.17) is 23.9 Å². The van der Waals surface area contributed by atoms with Gasteiger partial charge in [0, 0.05) is 41.3 Å². The third-order valence-corrected chi connectivity index (χ3v) is 10.2. The van der Waals surface area contributed by atoms with E-state index < -0.39 is 47.0 Å². The Balaban J connectivity index is 1.35. The number of hydrogen-bond donors (Lipinski definition) is 1. The van der Waals surface area contributed by atoms with Gasteiger partial charge in [0.05, 0.1) is 37.9 Å². The van der Waals surface area contributed by atoms with E-state index in [0.29, 0.717) is 35.6 Å². The predicted molar refractivity (Wildman–Crippen MR) is 200 cm³/mol. The molecule has 0 spiro atoms. The number of aromatic nitrogens is 1. The van der Waals surface area contributed by atoms with Crippen LogP contribution in [0.25, 0.3) is 22.2 Å². The SMILES string of the molecule is CCOC(=O)[C@@]12C[C@H]1C=CCCCCC[C@H](CC(=O)OC(C)(C)C)C(=O)N1C[C@H](Oc3cc(-c4ccccc4)nc4cc(OC)ccc34)C[C@H]1C(=O)N2. The molecule has 3 aliphatic rings. The molecule has 0 radical (unpaired) electrons. The standard InChI is InChI=1S/C42H51N3O8/c1-6-51-40(49)42-25-29(42)18-14-9-7-8-11-17-28(21-37(46)53-41(2,3)4)39(48)45-26-31(23-35(45)38(47)44-42)52-36-24-33(27-15-12-10-13-16-27)43-34-22-30(50-5)19-20-32(34)36/h10,12-16,18-20,22,24,28-29,31,35H,6-9,11,17,21,23,25-26H2,1-5H3,(H,44,47)/t28-,29-,31-,35+,42-/m1/s1. The predicted octanol–water partition coefficient (Wildman–Crippen LogP) is 6.57. The summed E-state index contributed by atoms with van der Waals surface area (Å²) in [6.07, 6.45) is 7.77. The number of allylic oxidation sites excluding steroid dienone is 1. The van der Waals surface area contributed by atoms with Gasteiger partial charge in [-0.3, -0.25) is 14.4 Å². The minimum Gasteiger partial charge on any atom is -0.497 e. The molecule has 2 aromatic carbocycles. The number of pyridine rings is 1. The monoisotopic (exact) mass is 725 g/mol. The molecule has 5 atom stereocenters. The number of nitrogens with one attached hydrogen (secondary N) is 1. The molecule has 3 heterocycles. The smallest absolute Gasteiger partial charge is 0.332 e. The van der Waals surface area contributed by atoms with Gasteiger partial charge in [0.2, 0.25) is 11.8 Å². The van der Waals surface area contributed by atoms with Gasteiger partial charge in [0.25, 0.3) is 0 Å². The first-order chi connectivity index (χ1) is 25.4. The highest BCUT2D eigenvalue weighted by molar-refractivity contribution is 5.96. The van der Waals surface area contributed by atoms with Crippen molar-refractivity contribution >= 4 is 34.7 Å². The van der Waals surface area contributed by atoms with E-state index in [1.165, 1.54) is 0 Å². The Morgan fingerprint density at radius 2 is 1.83 bits per heavy atom. The third-order valence-electron chi connectivity index (χ3n) is 10.2. The molecule has 6 rings (SSSR count). The van der Waals surface area contributed by atoms with Crippen LogP contribution in [0.2, 0.25) is 0 Å². The molecule has 2 fully saturated rings. The Morgan fingerprint density at radius 3 is 2.57 bits per heavy atom. The van der Waals surface area contributed by atoms with Crippen molar-refractivity contribution < 1.29 is 38.1 Å². The maximum Gasteiger partial charge on any atom is 0.332 e. The van der Waals surface area contributed by atoms with Crippen LogP contribution in [-0.4, -0.2) is 77.2 Å². The lowest BCUT2D eigenvalue weighted by Crippen LogP contribution is -2.54. The molecule has 11 heteroatoms. The van der Waals surface area contributed by atoms with Crippen LogP contribution < -0.4 is 14.8 Å². The van der Waals surface area contributed by atoms with Crippen LogP contribution in [0, 0.1) is 11.8 Å². The van der Waals surface area contributed by atoms with Crippen molar-refractivity contribution in [3.63, 3.8) is 0 Å². The molecule has 2 aliphatic heterocycles. The second-order valence-corrected chi connectivity index (χ2v) is 15.3. The van der Waals surface area contributed by atoms with E-state index in [0.717, 1.165) is 36.6 Å². The van der Waals surface area contributed by atoms with Gasteiger partial charge in [-0.05, 0) is 65.5 Å². The van der Waals surface area contributed by atoms with Crippen molar-refractivity contribution in [2.24, 2.45) is 11.8 Å². The number of carbonyl (C=O) groups is 4. The molecule has 282 valence electrons. The Bertz CT molecular complexity index is 1850. The maximum atomic E-state index is 14.6. The molecule has 1 aromatic heterocycles. The molecule has 1 saturated carbocycles. The molecule has 2 amide bonds. The van der Waals surface area contributed by atoms with E-state index in [2.05, 4.69) is 11.4 Å². The highest BCUT2D eigenvalue weighted by Gasteiger charge is 2.62. The number of rotatable bonds is 8. The Kier molecular flexibility index (Phi) is 11.4. The lowest BCUT2D eigenvalue weighted by Gasteiger charge is -2.29. The Morgan fingerprint density at radius 1 is 1.04 bits per heavy atom. The van der Waals surface area contributed by atoms with E-state index >= 15 is 0 Å². The quantitative estimate of drug-likeness (QED) is 0.202. The first-order valence-corrected chi connectivity index (χ1v) is 18.8. The molecule has 1 saturated heterocycles. The van der Waals surface area contributed by atoms with E-state index in [-0.39, 0.29) is 37.8 Å². The van der Waals surface area contributed by atoms with Gasteiger partial charge in [-0.1, -0.05) is 55.3 Å². The topological polar surface area (TPSA) is 133 Å². The summed E-state index contributed by atoms with van der Waals surface area (Å²) in [5.41, 5.74) is 0.365. The fraction of sp³-hybridized carbons (Fsp3) is 0.500. The van der Waals surface area contributed by atoms with Gasteiger partial charge in [-0.15, -0.1) is 0 Å². The summed E-state index contributed by atoms with van der Waals surface area (Å²) in [7, 11) is 1.60. The van der Waals surface area contributed by atoms with Crippen LogP contribution in [-0.2, 0) is 28.7 Å². The third kappa shape index (κ3) is 8.83. The number of carbonyl (C=O) groups excluding carboxylic acids is 4. The van der Waals surface area contributed by atoms with Crippen LogP contribution in [0.15, 0.2) is 66.7 Å². The molecular formula is C42H51N3O8. The maximum absolute atomic E-state index is 14.6. The van der Waals surface area contributed by atoms with E-state index in [9.17, 15) is 19.2 Å². The molecule has 1 N–H and O–H groups in total. The summed E-state index contributed by atoms with van der Waals surface area (Å²) in [6, 6.07) is 16.3. The highest BCUT2D eigenvalue weighted by Crippen LogP contribution is 2.46. The number of fused-ring (bicyclic) bond motifs is 3. The zero-order chi connectivity index (χ0) is 37.8. The summed E-state index contributed by atoms with van der Waals surface area (Å²) in [4.78, 5) is 61.9. The van der Waals surface area contributed by atoms with Gasteiger partial charge >= 0.3 is 11.9 Å². The zero-order valence-corrected chi connectivity index (χ0v) is 31.4. The summed E-state index contributed by atoms with van der Waals surface area (Å²) in [6.45, 7) is 7.42. The number of amides is 2. The average molecular weight is 726 g/mol. The molecule has 3 aromatic rings. The van der Waals surface area contributed by atoms with Crippen LogP contribution in [0.5, 0.6) is 11.5 Å². The average Bonchev–Trinajstić information content (AvgIpc) is 3.66. The van der Waals surface area contributed by atoms with Crippen molar-refractivity contribution in [3.8, 4) is 22.8 Å². The summed E-state index contributed by atoms with van der Waals surface area (Å²) >= 11 is 0. The zero-order valence-electron chi connectivity index (χ0n) is 31.4. The number of benzene rings is 2. The first-order valence-electron chi connectivity index (χ1n) is 18.8.